The van der Waals surface area contributed by atoms with Gasteiger partial charge in [0, 0.05) is 37.0 Å². The van der Waals surface area contributed by atoms with Crippen LogP contribution in [0.25, 0.3) is 10.9 Å². The minimum Gasteiger partial charge on any atom is -0.362 e. The molecular weight excluding hydrogens is 440 g/mol. The normalized spacial score (nSPS) is 18.6. The Morgan fingerprint density at radius 1 is 1.00 bits per heavy atom. The van der Waals surface area contributed by atoms with E-state index in [1.807, 2.05) is 55.4 Å². The third-order valence-electron chi connectivity index (χ3n) is 6.12. The summed E-state index contributed by atoms with van der Waals surface area (Å²) in [7, 11) is 4.00. The Morgan fingerprint density at radius 3 is 2.48 bits per heavy atom. The SMILES string of the molecule is CN(C)c1nc(N[C@H]2CC[C@@H](CNCc3ccccc3SC(F)F)CC2)nc2ccccc12. The highest BCUT2D eigenvalue weighted by atomic mass is 32.2. The monoisotopic (exact) mass is 471 g/mol. The standard InChI is InChI=1S/C25H31F2N5S/c1-32(2)23-20-8-4-5-9-21(20)30-25(31-23)29-19-13-11-17(12-14-19)15-28-16-18-7-3-6-10-22(18)33-24(26)27/h3-10,17,19,24,28H,11-16H2,1-2H3,(H,29,30,31)/t17-,19+. The first-order chi connectivity index (χ1) is 16.0. The van der Waals surface area contributed by atoms with Gasteiger partial charge in [0.2, 0.25) is 5.95 Å². The molecule has 0 bridgehead atoms. The van der Waals surface area contributed by atoms with Crippen LogP contribution in [-0.4, -0.2) is 42.4 Å². The van der Waals surface area contributed by atoms with Crippen molar-refractivity contribution in [1.29, 1.82) is 0 Å². The van der Waals surface area contributed by atoms with E-state index in [1.54, 1.807) is 6.07 Å². The number of anilines is 2. The van der Waals surface area contributed by atoms with Gasteiger partial charge in [-0.15, -0.1) is 0 Å². The number of aromatic nitrogens is 2. The zero-order valence-electron chi connectivity index (χ0n) is 19.1. The molecule has 4 rings (SSSR count). The quantitative estimate of drug-likeness (QED) is 0.387. The van der Waals surface area contributed by atoms with Crippen molar-refractivity contribution in [2.75, 3.05) is 30.9 Å². The number of hydrogen-bond donors (Lipinski definition) is 2. The van der Waals surface area contributed by atoms with Crippen molar-refractivity contribution in [3.63, 3.8) is 0 Å². The molecule has 1 saturated carbocycles. The summed E-state index contributed by atoms with van der Waals surface area (Å²) in [5, 5.41) is 8.09. The molecule has 0 aliphatic heterocycles. The molecule has 33 heavy (non-hydrogen) atoms. The summed E-state index contributed by atoms with van der Waals surface area (Å²) in [5.74, 6) is -0.194. The van der Waals surface area contributed by atoms with Crippen molar-refractivity contribution in [3.05, 3.63) is 54.1 Å². The van der Waals surface area contributed by atoms with Crippen LogP contribution in [-0.2, 0) is 6.54 Å². The molecule has 1 aromatic heterocycles. The number of hydrogen-bond acceptors (Lipinski definition) is 6. The van der Waals surface area contributed by atoms with E-state index in [4.69, 9.17) is 9.97 Å². The predicted octanol–water partition coefficient (Wildman–Crippen LogP) is 5.77. The Hall–Kier alpha value is -2.45. The van der Waals surface area contributed by atoms with Gasteiger partial charge in [-0.25, -0.2) is 4.98 Å². The molecule has 2 aromatic carbocycles. The van der Waals surface area contributed by atoms with Crippen molar-refractivity contribution in [3.8, 4) is 0 Å². The molecule has 1 aliphatic rings. The molecule has 3 aromatic rings. The highest BCUT2D eigenvalue weighted by molar-refractivity contribution is 7.99. The highest BCUT2D eigenvalue weighted by Gasteiger charge is 2.22. The fourth-order valence-corrected chi connectivity index (χ4v) is 5.07. The molecule has 0 saturated heterocycles. The van der Waals surface area contributed by atoms with E-state index in [1.165, 1.54) is 0 Å². The average Bonchev–Trinajstić information content (AvgIpc) is 2.80. The molecule has 1 fully saturated rings. The summed E-state index contributed by atoms with van der Waals surface area (Å²) < 4.78 is 25.5. The lowest BCUT2D eigenvalue weighted by molar-refractivity contribution is 0.252. The number of nitrogens with zero attached hydrogens (tertiary/aromatic N) is 3. The van der Waals surface area contributed by atoms with Gasteiger partial charge in [-0.1, -0.05) is 42.1 Å². The Morgan fingerprint density at radius 2 is 1.73 bits per heavy atom. The van der Waals surface area contributed by atoms with E-state index in [9.17, 15) is 8.78 Å². The first-order valence-corrected chi connectivity index (χ1v) is 12.3. The van der Waals surface area contributed by atoms with E-state index < -0.39 is 5.76 Å². The van der Waals surface area contributed by atoms with Crippen LogP contribution in [0.15, 0.2) is 53.4 Å². The minimum absolute atomic E-state index is 0.362. The van der Waals surface area contributed by atoms with Gasteiger partial charge in [-0.3, -0.25) is 0 Å². The maximum Gasteiger partial charge on any atom is 0.288 e. The highest BCUT2D eigenvalue weighted by Crippen LogP contribution is 2.30. The Kier molecular flexibility index (Phi) is 7.98. The van der Waals surface area contributed by atoms with Crippen LogP contribution < -0.4 is 15.5 Å². The van der Waals surface area contributed by atoms with Crippen LogP contribution in [0.1, 0.15) is 31.2 Å². The maximum atomic E-state index is 12.8. The summed E-state index contributed by atoms with van der Waals surface area (Å²) >= 11 is 0.619. The van der Waals surface area contributed by atoms with E-state index in [0.29, 0.717) is 41.1 Å². The smallest absolute Gasteiger partial charge is 0.288 e. The Labute approximate surface area is 198 Å². The van der Waals surface area contributed by atoms with Crippen molar-refractivity contribution < 1.29 is 8.78 Å². The molecular formula is C25H31F2N5S. The fourth-order valence-electron chi connectivity index (χ4n) is 4.43. The number of para-hydroxylation sites is 1. The second-order valence-corrected chi connectivity index (χ2v) is 9.79. The third-order valence-corrected chi connectivity index (χ3v) is 6.95. The van der Waals surface area contributed by atoms with Gasteiger partial charge in [-0.2, -0.15) is 13.8 Å². The molecule has 176 valence electrons. The summed E-state index contributed by atoms with van der Waals surface area (Å²) in [4.78, 5) is 12.2. The lowest BCUT2D eigenvalue weighted by atomic mass is 9.86. The lowest BCUT2D eigenvalue weighted by Crippen LogP contribution is -2.31. The van der Waals surface area contributed by atoms with Gasteiger partial charge in [0.25, 0.3) is 5.76 Å². The topological polar surface area (TPSA) is 53.1 Å². The van der Waals surface area contributed by atoms with Crippen LogP contribution in [0.2, 0.25) is 0 Å². The van der Waals surface area contributed by atoms with Gasteiger partial charge < -0.3 is 15.5 Å². The summed E-state index contributed by atoms with van der Waals surface area (Å²) in [6.07, 6.45) is 4.37. The maximum absolute atomic E-state index is 12.8. The lowest BCUT2D eigenvalue weighted by Gasteiger charge is -2.29. The number of alkyl halides is 2. The molecule has 0 amide bonds. The number of halogens is 2. The summed E-state index contributed by atoms with van der Waals surface area (Å²) in [6, 6.07) is 15.8. The van der Waals surface area contributed by atoms with E-state index in [-0.39, 0.29) is 0 Å². The van der Waals surface area contributed by atoms with Crippen molar-refractivity contribution in [2.24, 2.45) is 5.92 Å². The zero-order chi connectivity index (χ0) is 23.2. The molecule has 5 nitrogen and oxygen atoms in total. The zero-order valence-corrected chi connectivity index (χ0v) is 19.9. The van der Waals surface area contributed by atoms with Crippen molar-refractivity contribution in [2.45, 2.75) is 48.9 Å². The van der Waals surface area contributed by atoms with Crippen LogP contribution in [0, 0.1) is 5.92 Å². The number of nitrogens with one attached hydrogen (secondary N) is 2. The number of thioether (sulfide) groups is 1. The molecule has 1 heterocycles. The van der Waals surface area contributed by atoms with Gasteiger partial charge in [0.1, 0.15) is 5.82 Å². The summed E-state index contributed by atoms with van der Waals surface area (Å²) in [5.41, 5.74) is 1.88. The minimum atomic E-state index is -2.39. The van der Waals surface area contributed by atoms with E-state index >= 15 is 0 Å². The van der Waals surface area contributed by atoms with Crippen LogP contribution >= 0.6 is 11.8 Å². The first kappa shape index (κ1) is 23.7. The summed E-state index contributed by atoms with van der Waals surface area (Å²) in [6.45, 7) is 1.52. The van der Waals surface area contributed by atoms with Crippen molar-refractivity contribution >= 4 is 34.4 Å². The van der Waals surface area contributed by atoms with Crippen LogP contribution in [0.5, 0.6) is 0 Å². The van der Waals surface area contributed by atoms with Gasteiger partial charge in [0.05, 0.1) is 5.52 Å². The van der Waals surface area contributed by atoms with Gasteiger partial charge in [0.15, 0.2) is 0 Å². The molecule has 0 spiro atoms. The van der Waals surface area contributed by atoms with Gasteiger partial charge in [-0.05, 0) is 61.9 Å². The third kappa shape index (κ3) is 6.32. The second-order valence-electron chi connectivity index (χ2n) is 8.76. The molecule has 0 unspecified atom stereocenters. The fraction of sp³-hybridized carbons (Fsp3) is 0.440. The number of rotatable bonds is 9. The first-order valence-electron chi connectivity index (χ1n) is 11.4. The Balaban J connectivity index is 1.28. The van der Waals surface area contributed by atoms with E-state index in [2.05, 4.69) is 16.7 Å². The van der Waals surface area contributed by atoms with Crippen LogP contribution in [0.4, 0.5) is 20.5 Å². The molecule has 0 radical (unpaired) electrons. The molecule has 2 N–H and O–H groups in total. The van der Waals surface area contributed by atoms with Gasteiger partial charge >= 0.3 is 0 Å². The largest absolute Gasteiger partial charge is 0.362 e. The predicted molar refractivity (Wildman–Crippen MR) is 133 cm³/mol. The van der Waals surface area contributed by atoms with Crippen molar-refractivity contribution in [1.82, 2.24) is 15.3 Å². The van der Waals surface area contributed by atoms with Crippen LogP contribution in [0.3, 0.4) is 0 Å². The second kappa shape index (κ2) is 11.1. The Bertz CT molecular complexity index is 1050. The molecule has 1 aliphatic carbocycles. The number of benzene rings is 2. The molecule has 0 atom stereocenters. The average molecular weight is 472 g/mol. The molecule has 8 heteroatoms. The number of fused-ring (bicyclic) bond motifs is 1. The van der Waals surface area contributed by atoms with E-state index in [0.717, 1.165) is 54.5 Å².